The molecule has 1 fully saturated rings. The summed E-state index contributed by atoms with van der Waals surface area (Å²) in [4.78, 5) is 32.0. The number of hydroxylamine groups is 2. The normalized spacial score (nSPS) is 15.7. The Balaban J connectivity index is 1.59. The maximum absolute atomic E-state index is 12.1. The molecule has 0 saturated carbocycles. The number of nitrogens with zero attached hydrogens (tertiary/aromatic N) is 4. The molecule has 1 aliphatic rings. The predicted octanol–water partition coefficient (Wildman–Crippen LogP) is 3.90. The quantitative estimate of drug-likeness (QED) is 0.701. The number of H-pyrrole nitrogens is 1. The van der Waals surface area contributed by atoms with Gasteiger partial charge in [0.2, 0.25) is 0 Å². The number of carbonyl (C=O) groups excluding carboxylic acids is 1. The van der Waals surface area contributed by atoms with Crippen LogP contribution in [-0.2, 0) is 9.63 Å². The van der Waals surface area contributed by atoms with Crippen molar-refractivity contribution in [3.63, 3.8) is 0 Å². The molecule has 8 heteroatoms. The summed E-state index contributed by atoms with van der Waals surface area (Å²) in [5, 5.41) is 3.36. The monoisotopic (exact) mass is 413 g/mol. The number of nitrogens with one attached hydrogen (secondary N) is 1. The second-order valence-electron chi connectivity index (χ2n) is 8.15. The zero-order valence-corrected chi connectivity index (χ0v) is 17.5. The van der Waals surface area contributed by atoms with E-state index < -0.39 is 5.41 Å². The first-order valence-corrected chi connectivity index (χ1v) is 10.0. The highest BCUT2D eigenvalue weighted by Crippen LogP contribution is 2.37. The zero-order chi connectivity index (χ0) is 20.6. The van der Waals surface area contributed by atoms with Gasteiger partial charge in [-0.05, 0) is 26.8 Å². The van der Waals surface area contributed by atoms with Crippen molar-refractivity contribution in [1.82, 2.24) is 20.0 Å². The van der Waals surface area contributed by atoms with E-state index in [-0.39, 0.29) is 5.97 Å². The third-order valence-corrected chi connectivity index (χ3v) is 5.31. The van der Waals surface area contributed by atoms with Crippen LogP contribution in [0.2, 0.25) is 5.02 Å². The molecule has 1 aliphatic heterocycles. The highest BCUT2D eigenvalue weighted by Gasteiger charge is 2.29. The van der Waals surface area contributed by atoms with Gasteiger partial charge in [0, 0.05) is 35.4 Å². The number of halogens is 1. The first kappa shape index (κ1) is 19.7. The molecule has 1 N–H and O–H groups in total. The molecule has 1 aromatic carbocycles. The van der Waals surface area contributed by atoms with Crippen LogP contribution in [-0.4, -0.2) is 52.2 Å². The summed E-state index contributed by atoms with van der Waals surface area (Å²) in [6.45, 7) is 8.16. The Morgan fingerprint density at radius 1 is 1.10 bits per heavy atom. The highest BCUT2D eigenvalue weighted by molar-refractivity contribution is 6.33. The van der Waals surface area contributed by atoms with Crippen molar-refractivity contribution in [1.29, 1.82) is 0 Å². The molecular formula is C21H24ClN5O2. The van der Waals surface area contributed by atoms with Crippen LogP contribution in [0.1, 0.15) is 20.8 Å². The number of hydrogen-bond acceptors (Lipinski definition) is 6. The summed E-state index contributed by atoms with van der Waals surface area (Å²) in [5.74, 6) is 0.634. The zero-order valence-electron chi connectivity index (χ0n) is 16.8. The van der Waals surface area contributed by atoms with Gasteiger partial charge in [0.15, 0.2) is 0 Å². The molecular weight excluding hydrogens is 390 g/mol. The number of aromatic nitrogens is 3. The SMILES string of the molecule is CC(C)(C)C(=O)ON1CCN(c2ncnc3[nH]cc(-c4ccccc4Cl)c23)CC1. The molecule has 3 heterocycles. The second-order valence-corrected chi connectivity index (χ2v) is 8.56. The van der Waals surface area contributed by atoms with Crippen LogP contribution in [0.4, 0.5) is 5.82 Å². The van der Waals surface area contributed by atoms with Crippen molar-refractivity contribution in [3.8, 4) is 11.1 Å². The Morgan fingerprint density at radius 3 is 2.52 bits per heavy atom. The van der Waals surface area contributed by atoms with Crippen LogP contribution in [0.15, 0.2) is 36.8 Å². The van der Waals surface area contributed by atoms with Gasteiger partial charge >= 0.3 is 5.97 Å². The Kier molecular flexibility index (Phi) is 5.19. The van der Waals surface area contributed by atoms with Crippen LogP contribution in [0.25, 0.3) is 22.2 Å². The van der Waals surface area contributed by atoms with Crippen molar-refractivity contribution in [2.45, 2.75) is 20.8 Å². The second kappa shape index (κ2) is 7.65. The van der Waals surface area contributed by atoms with Crippen molar-refractivity contribution < 1.29 is 9.63 Å². The molecule has 2 aromatic heterocycles. The Labute approximate surface area is 174 Å². The molecule has 152 valence electrons. The fourth-order valence-corrected chi connectivity index (χ4v) is 3.56. The standard InChI is InChI=1S/C21H24ClN5O2/c1-21(2,3)20(28)29-27-10-8-26(9-11-27)19-17-15(12-23-18(17)24-13-25-19)14-6-4-5-7-16(14)22/h4-7,12-13H,8-11H2,1-3H3,(H,23,24,25). The molecule has 0 amide bonds. The predicted molar refractivity (Wildman–Crippen MR) is 114 cm³/mol. The largest absolute Gasteiger partial charge is 0.367 e. The number of piperazine rings is 1. The first-order valence-electron chi connectivity index (χ1n) is 9.64. The molecule has 4 rings (SSSR count). The number of benzene rings is 1. The minimum atomic E-state index is -0.523. The number of anilines is 1. The summed E-state index contributed by atoms with van der Waals surface area (Å²) in [7, 11) is 0. The maximum Gasteiger partial charge on any atom is 0.330 e. The van der Waals surface area contributed by atoms with Crippen LogP contribution in [0.5, 0.6) is 0 Å². The van der Waals surface area contributed by atoms with E-state index in [4.69, 9.17) is 16.4 Å². The van der Waals surface area contributed by atoms with Gasteiger partial charge in [-0.25, -0.2) is 14.8 Å². The third kappa shape index (κ3) is 3.93. The summed E-state index contributed by atoms with van der Waals surface area (Å²) in [6.07, 6.45) is 3.49. The fraction of sp³-hybridized carbons (Fsp3) is 0.381. The highest BCUT2D eigenvalue weighted by atomic mass is 35.5. The number of fused-ring (bicyclic) bond motifs is 1. The lowest BCUT2D eigenvalue weighted by atomic mass is 9.98. The van der Waals surface area contributed by atoms with Crippen LogP contribution in [0, 0.1) is 5.41 Å². The van der Waals surface area contributed by atoms with E-state index in [0.717, 1.165) is 28.0 Å². The lowest BCUT2D eigenvalue weighted by Crippen LogP contribution is -2.48. The molecule has 0 atom stereocenters. The van der Waals surface area contributed by atoms with Crippen LogP contribution >= 0.6 is 11.6 Å². The van der Waals surface area contributed by atoms with E-state index in [1.54, 1.807) is 11.4 Å². The van der Waals surface area contributed by atoms with Crippen LogP contribution in [0.3, 0.4) is 0 Å². The van der Waals surface area contributed by atoms with E-state index in [1.165, 1.54) is 0 Å². The molecule has 0 unspecified atom stereocenters. The number of carbonyl (C=O) groups is 1. The van der Waals surface area contributed by atoms with E-state index in [9.17, 15) is 4.79 Å². The first-order chi connectivity index (χ1) is 13.8. The summed E-state index contributed by atoms with van der Waals surface area (Å²) in [6, 6.07) is 7.75. The van der Waals surface area contributed by atoms with E-state index in [2.05, 4.69) is 19.9 Å². The van der Waals surface area contributed by atoms with Gasteiger partial charge in [0.05, 0.1) is 23.9 Å². The molecule has 0 radical (unpaired) electrons. The number of aromatic amines is 1. The maximum atomic E-state index is 12.1. The summed E-state index contributed by atoms with van der Waals surface area (Å²) < 4.78 is 0. The molecule has 0 bridgehead atoms. The lowest BCUT2D eigenvalue weighted by Gasteiger charge is -2.35. The summed E-state index contributed by atoms with van der Waals surface area (Å²) in [5.41, 5.74) is 2.16. The Hall–Kier alpha value is -2.64. The van der Waals surface area contributed by atoms with Crippen molar-refractivity contribution in [3.05, 3.63) is 41.8 Å². The number of hydrogen-bond donors (Lipinski definition) is 1. The lowest BCUT2D eigenvalue weighted by molar-refractivity contribution is -0.201. The smallest absolute Gasteiger partial charge is 0.330 e. The molecule has 7 nitrogen and oxygen atoms in total. The van der Waals surface area contributed by atoms with Gasteiger partial charge in [-0.2, -0.15) is 0 Å². The van der Waals surface area contributed by atoms with Crippen LogP contribution < -0.4 is 4.90 Å². The third-order valence-electron chi connectivity index (χ3n) is 4.98. The van der Waals surface area contributed by atoms with Crippen molar-refractivity contribution in [2.75, 3.05) is 31.1 Å². The molecule has 0 aliphatic carbocycles. The molecule has 0 spiro atoms. The van der Waals surface area contributed by atoms with Gasteiger partial charge in [0.25, 0.3) is 0 Å². The minimum absolute atomic E-state index is 0.220. The minimum Gasteiger partial charge on any atom is -0.367 e. The topological polar surface area (TPSA) is 74.3 Å². The summed E-state index contributed by atoms with van der Waals surface area (Å²) >= 11 is 6.44. The fourth-order valence-electron chi connectivity index (χ4n) is 3.32. The van der Waals surface area contributed by atoms with Gasteiger partial charge in [-0.15, -0.1) is 5.06 Å². The Morgan fingerprint density at radius 2 is 1.83 bits per heavy atom. The van der Waals surface area contributed by atoms with Gasteiger partial charge < -0.3 is 14.7 Å². The van der Waals surface area contributed by atoms with Gasteiger partial charge in [-0.1, -0.05) is 29.8 Å². The molecule has 3 aromatic rings. The van der Waals surface area contributed by atoms with E-state index in [0.29, 0.717) is 31.2 Å². The molecule has 29 heavy (non-hydrogen) atoms. The number of rotatable bonds is 3. The average molecular weight is 414 g/mol. The van der Waals surface area contributed by atoms with E-state index in [1.807, 2.05) is 51.2 Å². The molecule has 1 saturated heterocycles. The van der Waals surface area contributed by atoms with Gasteiger partial charge in [0.1, 0.15) is 17.8 Å². The van der Waals surface area contributed by atoms with Crippen molar-refractivity contribution in [2.24, 2.45) is 5.41 Å². The van der Waals surface area contributed by atoms with Gasteiger partial charge in [-0.3, -0.25) is 0 Å². The Bertz CT molecular complexity index is 1030. The average Bonchev–Trinajstić information content (AvgIpc) is 3.12. The van der Waals surface area contributed by atoms with E-state index >= 15 is 0 Å². The van der Waals surface area contributed by atoms with Crippen molar-refractivity contribution >= 4 is 34.4 Å².